The standard InChI is InChI=1S/C4H7N3O2/c1-7-4(9-2)5-3(8)6-7/h1-2H3,(H,6,8). The van der Waals surface area contributed by atoms with E-state index in [1.54, 1.807) is 7.05 Å². The Bertz CT molecular complexity index is 208. The van der Waals surface area contributed by atoms with E-state index >= 15 is 0 Å². The van der Waals surface area contributed by atoms with Crippen LogP contribution in [0.25, 0.3) is 0 Å². The van der Waals surface area contributed by atoms with Gasteiger partial charge in [0.2, 0.25) is 0 Å². The quantitative estimate of drug-likeness (QED) is 0.556. The molecule has 1 aromatic heterocycles. The van der Waals surface area contributed by atoms with Gasteiger partial charge in [-0.15, -0.1) is 10.1 Å². The lowest BCUT2D eigenvalue weighted by atomic mass is 11.1. The number of ether oxygens (including phenoxy) is 1. The number of aryl methyl sites for hydroxylation is 1. The molecule has 5 nitrogen and oxygen atoms in total. The van der Waals surface area contributed by atoms with E-state index in [2.05, 4.69) is 10.1 Å². The van der Waals surface area contributed by atoms with Gasteiger partial charge in [-0.25, -0.2) is 4.68 Å². The average molecular weight is 129 g/mol. The fraction of sp³-hybridized carbons (Fsp3) is 0.500. The molecule has 0 fully saturated rings. The van der Waals surface area contributed by atoms with Crippen LogP contribution in [0, 0.1) is 0 Å². The molecule has 9 heavy (non-hydrogen) atoms. The van der Waals surface area contributed by atoms with Crippen LogP contribution in [0.2, 0.25) is 0 Å². The smallest absolute Gasteiger partial charge is 0.336 e. The van der Waals surface area contributed by atoms with Crippen molar-refractivity contribution in [2.24, 2.45) is 7.05 Å². The molecule has 0 radical (unpaired) electrons. The lowest BCUT2D eigenvalue weighted by molar-refractivity contribution is 0.358. The summed E-state index contributed by atoms with van der Waals surface area (Å²) in [4.78, 5) is 3.51. The molecule has 0 saturated carbocycles. The van der Waals surface area contributed by atoms with E-state index in [0.29, 0.717) is 6.01 Å². The Kier molecular flexibility index (Phi) is 1.26. The Labute approximate surface area is 51.9 Å². The van der Waals surface area contributed by atoms with Gasteiger partial charge in [0, 0.05) is 7.05 Å². The second-order valence-electron chi connectivity index (χ2n) is 1.52. The highest BCUT2D eigenvalue weighted by Crippen LogP contribution is 2.07. The van der Waals surface area contributed by atoms with Crippen LogP contribution < -0.4 is 4.74 Å². The molecule has 0 spiro atoms. The summed E-state index contributed by atoms with van der Waals surface area (Å²) in [6.07, 6.45) is 0. The van der Waals surface area contributed by atoms with Crippen molar-refractivity contribution in [2.45, 2.75) is 0 Å². The van der Waals surface area contributed by atoms with Crippen LogP contribution in [0.4, 0.5) is 0 Å². The average Bonchev–Trinajstić information content (AvgIpc) is 2.10. The minimum atomic E-state index is -0.269. The Morgan fingerprint density at radius 3 is 2.56 bits per heavy atom. The van der Waals surface area contributed by atoms with Crippen LogP contribution in [0.1, 0.15) is 0 Å². The maximum absolute atomic E-state index is 8.64. The van der Waals surface area contributed by atoms with E-state index < -0.39 is 0 Å². The maximum atomic E-state index is 8.64. The molecule has 50 valence electrons. The van der Waals surface area contributed by atoms with Crippen molar-refractivity contribution in [3.63, 3.8) is 0 Å². The molecule has 0 unspecified atom stereocenters. The van der Waals surface area contributed by atoms with Gasteiger partial charge in [-0.3, -0.25) is 0 Å². The highest BCUT2D eigenvalue weighted by atomic mass is 16.5. The number of aromatic hydroxyl groups is 1. The third-order valence-electron chi connectivity index (χ3n) is 0.894. The van der Waals surface area contributed by atoms with Gasteiger partial charge in [-0.1, -0.05) is 0 Å². The Morgan fingerprint density at radius 1 is 1.67 bits per heavy atom. The Hall–Kier alpha value is -1.26. The molecular weight excluding hydrogens is 122 g/mol. The van der Waals surface area contributed by atoms with Gasteiger partial charge < -0.3 is 9.84 Å². The number of aromatic nitrogens is 3. The van der Waals surface area contributed by atoms with Gasteiger partial charge in [0.15, 0.2) is 0 Å². The van der Waals surface area contributed by atoms with Gasteiger partial charge in [-0.05, 0) is 0 Å². The first-order chi connectivity index (χ1) is 4.24. The van der Waals surface area contributed by atoms with Gasteiger partial charge >= 0.3 is 12.0 Å². The summed E-state index contributed by atoms with van der Waals surface area (Å²) in [7, 11) is 3.09. The molecule has 0 aromatic carbocycles. The molecule has 1 rings (SSSR count). The minimum Gasteiger partial charge on any atom is -0.478 e. The third kappa shape index (κ3) is 0.933. The van der Waals surface area contributed by atoms with Crippen LogP contribution in [0.3, 0.4) is 0 Å². The highest BCUT2D eigenvalue weighted by molar-refractivity contribution is 4.99. The number of hydrogen-bond acceptors (Lipinski definition) is 4. The minimum absolute atomic E-state index is 0.269. The van der Waals surface area contributed by atoms with Gasteiger partial charge in [0.1, 0.15) is 0 Å². The molecule has 1 aromatic rings. The molecule has 0 amide bonds. The van der Waals surface area contributed by atoms with E-state index in [1.165, 1.54) is 11.8 Å². The molecule has 0 atom stereocenters. The van der Waals surface area contributed by atoms with Crippen molar-refractivity contribution in [2.75, 3.05) is 7.11 Å². The number of rotatable bonds is 1. The number of methoxy groups -OCH3 is 1. The largest absolute Gasteiger partial charge is 0.478 e. The molecule has 1 heterocycles. The monoisotopic (exact) mass is 129 g/mol. The molecule has 0 aliphatic rings. The van der Waals surface area contributed by atoms with Crippen molar-refractivity contribution in [3.05, 3.63) is 0 Å². The molecule has 0 saturated heterocycles. The third-order valence-corrected chi connectivity index (χ3v) is 0.894. The second kappa shape index (κ2) is 1.93. The zero-order valence-corrected chi connectivity index (χ0v) is 5.20. The first kappa shape index (κ1) is 5.87. The zero-order chi connectivity index (χ0) is 6.85. The molecule has 0 aliphatic carbocycles. The molecule has 1 N–H and O–H groups in total. The van der Waals surface area contributed by atoms with E-state index in [1.807, 2.05) is 0 Å². The van der Waals surface area contributed by atoms with Crippen molar-refractivity contribution in [1.29, 1.82) is 0 Å². The first-order valence-electron chi connectivity index (χ1n) is 2.38. The van der Waals surface area contributed by atoms with Crippen molar-refractivity contribution in [1.82, 2.24) is 14.8 Å². The molecule has 0 bridgehead atoms. The maximum Gasteiger partial charge on any atom is 0.336 e. The lowest BCUT2D eigenvalue weighted by Gasteiger charge is -1.92. The van der Waals surface area contributed by atoms with E-state index in [4.69, 9.17) is 9.84 Å². The topological polar surface area (TPSA) is 60.2 Å². The predicted molar refractivity (Wildman–Crippen MR) is 29.2 cm³/mol. The van der Waals surface area contributed by atoms with Crippen molar-refractivity contribution >= 4 is 0 Å². The van der Waals surface area contributed by atoms with Crippen LogP contribution in [-0.4, -0.2) is 27.0 Å². The van der Waals surface area contributed by atoms with Crippen LogP contribution in [-0.2, 0) is 7.05 Å². The van der Waals surface area contributed by atoms with E-state index in [9.17, 15) is 0 Å². The first-order valence-corrected chi connectivity index (χ1v) is 2.38. The Balaban J connectivity index is 3.01. The highest BCUT2D eigenvalue weighted by Gasteiger charge is 2.02. The molecular formula is C4H7N3O2. The summed E-state index contributed by atoms with van der Waals surface area (Å²) >= 11 is 0. The van der Waals surface area contributed by atoms with Gasteiger partial charge in [-0.2, -0.15) is 0 Å². The number of hydrogen-bond donors (Lipinski definition) is 1. The fourth-order valence-corrected chi connectivity index (χ4v) is 0.535. The van der Waals surface area contributed by atoms with Crippen molar-refractivity contribution < 1.29 is 9.84 Å². The summed E-state index contributed by atoms with van der Waals surface area (Å²) in [6.45, 7) is 0. The summed E-state index contributed by atoms with van der Waals surface area (Å²) in [5, 5.41) is 12.2. The summed E-state index contributed by atoms with van der Waals surface area (Å²) in [6, 6.07) is 0.0295. The van der Waals surface area contributed by atoms with E-state index in [-0.39, 0.29) is 6.01 Å². The normalized spacial score (nSPS) is 9.56. The number of nitrogens with zero attached hydrogens (tertiary/aromatic N) is 3. The molecule has 0 aliphatic heterocycles. The predicted octanol–water partition coefficient (Wildman–Crippen LogP) is -0.471. The van der Waals surface area contributed by atoms with Crippen molar-refractivity contribution in [3.8, 4) is 12.0 Å². The SMILES string of the molecule is COc1nc(O)nn1C. The van der Waals surface area contributed by atoms with Crippen LogP contribution in [0.5, 0.6) is 12.0 Å². The molecule has 5 heteroatoms. The van der Waals surface area contributed by atoms with Crippen LogP contribution in [0.15, 0.2) is 0 Å². The van der Waals surface area contributed by atoms with E-state index in [0.717, 1.165) is 0 Å². The van der Waals surface area contributed by atoms with Crippen LogP contribution >= 0.6 is 0 Å². The Morgan fingerprint density at radius 2 is 2.33 bits per heavy atom. The summed E-state index contributed by atoms with van der Waals surface area (Å²) in [5.41, 5.74) is 0. The summed E-state index contributed by atoms with van der Waals surface area (Å²) < 4.78 is 6.04. The van der Waals surface area contributed by atoms with Gasteiger partial charge in [0.05, 0.1) is 7.11 Å². The fourth-order valence-electron chi connectivity index (χ4n) is 0.535. The lowest BCUT2D eigenvalue weighted by Crippen LogP contribution is -1.94. The summed E-state index contributed by atoms with van der Waals surface area (Å²) in [5.74, 6) is 0. The van der Waals surface area contributed by atoms with Gasteiger partial charge in [0.25, 0.3) is 0 Å². The zero-order valence-electron chi connectivity index (χ0n) is 5.20. The second-order valence-corrected chi connectivity index (χ2v) is 1.52.